The summed E-state index contributed by atoms with van der Waals surface area (Å²) >= 11 is 0. The second kappa shape index (κ2) is 8.20. The van der Waals surface area contributed by atoms with E-state index in [0.29, 0.717) is 0 Å². The Balaban J connectivity index is 1.54. The number of esters is 1. The Bertz CT molecular complexity index is 921. The van der Waals surface area contributed by atoms with E-state index < -0.39 is 17.5 Å². The molecule has 0 unspecified atom stereocenters. The van der Waals surface area contributed by atoms with Gasteiger partial charge in [0.1, 0.15) is 17.9 Å². The molecule has 1 amide bonds. The number of aromatic nitrogens is 2. The zero-order chi connectivity index (χ0) is 20.3. The molecule has 0 saturated carbocycles. The molecule has 148 valence electrons. The van der Waals surface area contributed by atoms with Crippen LogP contribution in [0.2, 0.25) is 0 Å². The molecule has 1 aromatic heterocycles. The number of fused-ring (bicyclic) bond motifs is 1. The predicted molar refractivity (Wildman–Crippen MR) is 99.6 cm³/mol. The molecule has 0 fully saturated rings. The lowest BCUT2D eigenvalue weighted by Crippen LogP contribution is -2.34. The second-order valence-electron chi connectivity index (χ2n) is 6.81. The zero-order valence-electron chi connectivity index (χ0n) is 15.8. The SMILES string of the molecule is Cc1nn(CC(=O)OCC(=O)N[C@@H]2CCCc3ccccc32)c(C)c1[N+](=O)[O-]. The number of carbonyl (C=O) groups excluding carboxylic acids is 2. The highest BCUT2D eigenvalue weighted by Gasteiger charge is 2.24. The van der Waals surface area contributed by atoms with E-state index in [1.807, 2.05) is 18.2 Å². The van der Waals surface area contributed by atoms with Crippen molar-refractivity contribution in [3.05, 3.63) is 56.9 Å². The molecule has 0 spiro atoms. The van der Waals surface area contributed by atoms with E-state index in [1.54, 1.807) is 0 Å². The van der Waals surface area contributed by atoms with E-state index in [2.05, 4.69) is 16.5 Å². The van der Waals surface area contributed by atoms with E-state index in [4.69, 9.17) is 4.74 Å². The Morgan fingerprint density at radius 1 is 1.36 bits per heavy atom. The number of nitrogens with one attached hydrogen (secondary N) is 1. The summed E-state index contributed by atoms with van der Waals surface area (Å²) in [6, 6.07) is 7.89. The molecule has 9 heteroatoms. The molecule has 28 heavy (non-hydrogen) atoms. The van der Waals surface area contributed by atoms with Crippen molar-refractivity contribution in [1.29, 1.82) is 0 Å². The highest BCUT2D eigenvalue weighted by molar-refractivity contribution is 5.81. The fourth-order valence-electron chi connectivity index (χ4n) is 3.56. The zero-order valence-corrected chi connectivity index (χ0v) is 15.8. The van der Waals surface area contributed by atoms with E-state index in [9.17, 15) is 19.7 Å². The van der Waals surface area contributed by atoms with Gasteiger partial charge in [-0.3, -0.25) is 24.4 Å². The number of hydrogen-bond acceptors (Lipinski definition) is 6. The Kier molecular flexibility index (Phi) is 5.72. The molecular formula is C19H22N4O5. The van der Waals surface area contributed by atoms with Gasteiger partial charge in [-0.1, -0.05) is 24.3 Å². The molecule has 1 aliphatic carbocycles. The summed E-state index contributed by atoms with van der Waals surface area (Å²) in [5, 5.41) is 17.9. The van der Waals surface area contributed by atoms with Gasteiger partial charge >= 0.3 is 11.7 Å². The third-order valence-electron chi connectivity index (χ3n) is 4.87. The summed E-state index contributed by atoms with van der Waals surface area (Å²) in [5.41, 5.74) is 2.69. The standard InChI is InChI=1S/C19H22N4O5/c1-12-19(23(26)27)13(2)22(21-12)10-18(25)28-11-17(24)20-16-9-5-7-14-6-3-4-8-15(14)16/h3-4,6,8,16H,5,7,9-11H2,1-2H3,(H,20,24)/t16-/m1/s1. The van der Waals surface area contributed by atoms with Crippen LogP contribution in [0.25, 0.3) is 0 Å². The molecule has 0 saturated heterocycles. The molecule has 3 rings (SSSR count). The van der Waals surface area contributed by atoms with Crippen LogP contribution in [-0.4, -0.2) is 33.2 Å². The summed E-state index contributed by atoms with van der Waals surface area (Å²) in [6.07, 6.45) is 2.82. The number of nitro groups is 1. The molecule has 1 heterocycles. The van der Waals surface area contributed by atoms with Crippen molar-refractivity contribution in [1.82, 2.24) is 15.1 Å². The Labute approximate surface area is 161 Å². The summed E-state index contributed by atoms with van der Waals surface area (Å²) in [6.45, 7) is 2.32. The van der Waals surface area contributed by atoms with Crippen LogP contribution >= 0.6 is 0 Å². The van der Waals surface area contributed by atoms with Gasteiger partial charge in [-0.15, -0.1) is 0 Å². The van der Waals surface area contributed by atoms with Crippen molar-refractivity contribution in [3.63, 3.8) is 0 Å². The van der Waals surface area contributed by atoms with E-state index in [1.165, 1.54) is 24.1 Å². The quantitative estimate of drug-likeness (QED) is 0.462. The normalized spacial score (nSPS) is 15.6. The van der Waals surface area contributed by atoms with Crippen LogP contribution in [0, 0.1) is 24.0 Å². The van der Waals surface area contributed by atoms with Crippen molar-refractivity contribution in [2.75, 3.05) is 6.61 Å². The van der Waals surface area contributed by atoms with Gasteiger partial charge in [-0.25, -0.2) is 0 Å². The third kappa shape index (κ3) is 4.19. The van der Waals surface area contributed by atoms with Gasteiger partial charge in [-0.2, -0.15) is 5.10 Å². The molecule has 0 radical (unpaired) electrons. The number of amides is 1. The Morgan fingerprint density at radius 2 is 2.11 bits per heavy atom. The molecule has 1 aliphatic rings. The average Bonchev–Trinajstić information content (AvgIpc) is 2.93. The van der Waals surface area contributed by atoms with E-state index in [0.717, 1.165) is 24.8 Å². The number of nitrogens with zero attached hydrogens (tertiary/aromatic N) is 3. The lowest BCUT2D eigenvalue weighted by molar-refractivity contribution is -0.386. The van der Waals surface area contributed by atoms with Gasteiger partial charge in [0.05, 0.1) is 11.0 Å². The van der Waals surface area contributed by atoms with Crippen molar-refractivity contribution in [2.45, 2.75) is 45.7 Å². The number of aryl methyl sites for hydroxylation is 2. The molecule has 0 bridgehead atoms. The van der Waals surface area contributed by atoms with Crippen molar-refractivity contribution >= 4 is 17.6 Å². The van der Waals surface area contributed by atoms with Gasteiger partial charge in [0.25, 0.3) is 5.91 Å². The molecule has 9 nitrogen and oxygen atoms in total. The van der Waals surface area contributed by atoms with Gasteiger partial charge < -0.3 is 10.1 Å². The second-order valence-corrected chi connectivity index (χ2v) is 6.81. The monoisotopic (exact) mass is 386 g/mol. The largest absolute Gasteiger partial charge is 0.454 e. The topological polar surface area (TPSA) is 116 Å². The molecular weight excluding hydrogens is 364 g/mol. The van der Waals surface area contributed by atoms with Crippen molar-refractivity contribution < 1.29 is 19.2 Å². The van der Waals surface area contributed by atoms with Crippen LogP contribution in [-0.2, 0) is 27.3 Å². The average molecular weight is 386 g/mol. The molecule has 1 atom stereocenters. The highest BCUT2D eigenvalue weighted by Crippen LogP contribution is 2.29. The summed E-state index contributed by atoms with van der Waals surface area (Å²) in [4.78, 5) is 34.7. The Morgan fingerprint density at radius 3 is 2.82 bits per heavy atom. The fraction of sp³-hybridized carbons (Fsp3) is 0.421. The minimum Gasteiger partial charge on any atom is -0.454 e. The third-order valence-corrected chi connectivity index (χ3v) is 4.87. The molecule has 1 N–H and O–H groups in total. The maximum atomic E-state index is 12.2. The van der Waals surface area contributed by atoms with Crippen molar-refractivity contribution in [3.8, 4) is 0 Å². The minimum absolute atomic E-state index is 0.0881. The smallest absolute Gasteiger partial charge is 0.328 e. The van der Waals surface area contributed by atoms with Crippen LogP contribution in [0.5, 0.6) is 0 Å². The predicted octanol–water partition coefficient (Wildman–Crippen LogP) is 2.15. The lowest BCUT2D eigenvalue weighted by atomic mass is 9.88. The number of benzene rings is 1. The highest BCUT2D eigenvalue weighted by atomic mass is 16.6. The maximum Gasteiger partial charge on any atom is 0.328 e. The minimum atomic E-state index is -0.681. The van der Waals surface area contributed by atoms with Gasteiger partial charge in [0, 0.05) is 0 Å². The first-order valence-electron chi connectivity index (χ1n) is 9.08. The van der Waals surface area contributed by atoms with Gasteiger partial charge in [0.15, 0.2) is 6.61 Å². The van der Waals surface area contributed by atoms with Gasteiger partial charge in [0.2, 0.25) is 0 Å². The first-order valence-corrected chi connectivity index (χ1v) is 9.08. The van der Waals surface area contributed by atoms with Crippen LogP contribution in [0.1, 0.15) is 41.4 Å². The van der Waals surface area contributed by atoms with Crippen molar-refractivity contribution in [2.24, 2.45) is 0 Å². The fourth-order valence-corrected chi connectivity index (χ4v) is 3.56. The van der Waals surface area contributed by atoms with Crippen LogP contribution in [0.4, 0.5) is 5.69 Å². The first kappa shape index (κ1) is 19.5. The summed E-state index contributed by atoms with van der Waals surface area (Å²) in [5.74, 6) is -1.06. The molecule has 1 aromatic carbocycles. The number of carbonyl (C=O) groups is 2. The van der Waals surface area contributed by atoms with Crippen LogP contribution in [0.3, 0.4) is 0 Å². The summed E-state index contributed by atoms with van der Waals surface area (Å²) < 4.78 is 6.23. The molecule has 2 aromatic rings. The number of rotatable bonds is 6. The Hall–Kier alpha value is -3.23. The van der Waals surface area contributed by atoms with Crippen LogP contribution in [0.15, 0.2) is 24.3 Å². The number of hydrogen-bond donors (Lipinski definition) is 1. The summed E-state index contributed by atoms with van der Waals surface area (Å²) in [7, 11) is 0. The lowest BCUT2D eigenvalue weighted by Gasteiger charge is -2.26. The molecule has 0 aliphatic heterocycles. The van der Waals surface area contributed by atoms with Gasteiger partial charge in [-0.05, 0) is 44.2 Å². The van der Waals surface area contributed by atoms with Crippen LogP contribution < -0.4 is 5.32 Å². The van der Waals surface area contributed by atoms with E-state index >= 15 is 0 Å². The maximum absolute atomic E-state index is 12.2. The number of ether oxygens (including phenoxy) is 1. The first-order chi connectivity index (χ1) is 13.4. The van der Waals surface area contributed by atoms with E-state index in [-0.39, 0.29) is 35.6 Å².